The summed E-state index contributed by atoms with van der Waals surface area (Å²) in [4.78, 5) is 11.0. The first-order valence-corrected chi connectivity index (χ1v) is 4.22. The van der Waals surface area contributed by atoms with Crippen LogP contribution < -0.4 is 5.32 Å². The second kappa shape index (κ2) is 2.21. The van der Waals surface area contributed by atoms with Crippen LogP contribution in [0.2, 0.25) is 0 Å². The summed E-state index contributed by atoms with van der Waals surface area (Å²) >= 11 is 0. The van der Waals surface area contributed by atoms with E-state index >= 15 is 0 Å². The Bertz CT molecular complexity index is 181. The third-order valence-corrected chi connectivity index (χ3v) is 3.17. The van der Waals surface area contributed by atoms with Crippen LogP contribution in [0.5, 0.6) is 0 Å². The predicted molar refractivity (Wildman–Crippen MR) is 40.3 cm³/mol. The lowest BCUT2D eigenvalue weighted by Crippen LogP contribution is -2.38. The standard InChI is InChI=1S/C8H13NO2/c10-7(11)8-3-1-2-6(8)9-5-4-8/h6,9H,1-5H2,(H,10,11)/t6-,8+/m0/s1. The van der Waals surface area contributed by atoms with Crippen LogP contribution in [-0.2, 0) is 4.79 Å². The van der Waals surface area contributed by atoms with Gasteiger partial charge in [-0.1, -0.05) is 6.42 Å². The van der Waals surface area contributed by atoms with Gasteiger partial charge >= 0.3 is 5.97 Å². The maximum atomic E-state index is 11.0. The van der Waals surface area contributed by atoms with E-state index in [-0.39, 0.29) is 11.5 Å². The number of carboxylic acids is 1. The molecule has 0 bridgehead atoms. The van der Waals surface area contributed by atoms with E-state index in [0.29, 0.717) is 0 Å². The zero-order valence-electron chi connectivity index (χ0n) is 6.47. The lowest BCUT2D eigenvalue weighted by molar-refractivity contribution is -0.148. The van der Waals surface area contributed by atoms with Gasteiger partial charge in [0.05, 0.1) is 5.41 Å². The van der Waals surface area contributed by atoms with Gasteiger partial charge in [0, 0.05) is 6.04 Å². The van der Waals surface area contributed by atoms with E-state index in [1.807, 2.05) is 0 Å². The molecule has 0 unspecified atom stereocenters. The van der Waals surface area contributed by atoms with E-state index in [0.717, 1.165) is 32.2 Å². The number of nitrogens with one attached hydrogen (secondary N) is 1. The third kappa shape index (κ3) is 0.805. The van der Waals surface area contributed by atoms with Gasteiger partial charge in [0.2, 0.25) is 0 Å². The molecule has 2 atom stereocenters. The Morgan fingerprint density at radius 1 is 1.55 bits per heavy atom. The van der Waals surface area contributed by atoms with Crippen LogP contribution in [0.1, 0.15) is 25.7 Å². The number of hydrogen-bond acceptors (Lipinski definition) is 2. The average Bonchev–Trinajstić information content (AvgIpc) is 2.40. The quantitative estimate of drug-likeness (QED) is 0.583. The van der Waals surface area contributed by atoms with Crippen LogP contribution in [0, 0.1) is 5.41 Å². The second-order valence-electron chi connectivity index (χ2n) is 3.61. The van der Waals surface area contributed by atoms with Crippen LogP contribution in [0.25, 0.3) is 0 Å². The highest BCUT2D eigenvalue weighted by Gasteiger charge is 2.51. The summed E-state index contributed by atoms with van der Waals surface area (Å²) in [5.41, 5.74) is -0.389. The molecule has 1 heterocycles. The molecule has 2 rings (SSSR count). The molecule has 1 aliphatic carbocycles. The summed E-state index contributed by atoms with van der Waals surface area (Å²) in [6.07, 6.45) is 3.82. The Kier molecular flexibility index (Phi) is 1.42. The second-order valence-corrected chi connectivity index (χ2v) is 3.61. The normalized spacial score (nSPS) is 42.4. The summed E-state index contributed by atoms with van der Waals surface area (Å²) in [5, 5.41) is 12.3. The topological polar surface area (TPSA) is 49.3 Å². The first-order chi connectivity index (χ1) is 5.26. The van der Waals surface area contributed by atoms with Gasteiger partial charge in [-0.2, -0.15) is 0 Å². The van der Waals surface area contributed by atoms with Crippen LogP contribution >= 0.6 is 0 Å². The van der Waals surface area contributed by atoms with Crippen LogP contribution in [0.4, 0.5) is 0 Å². The SMILES string of the molecule is O=C(O)[C@@]12CCC[C@@H]1NCC2. The van der Waals surface area contributed by atoms with Gasteiger partial charge in [-0.25, -0.2) is 0 Å². The molecule has 2 N–H and O–H groups in total. The molecule has 0 aromatic heterocycles. The number of rotatable bonds is 1. The van der Waals surface area contributed by atoms with Crippen molar-refractivity contribution >= 4 is 5.97 Å². The average molecular weight is 155 g/mol. The highest BCUT2D eigenvalue weighted by molar-refractivity contribution is 5.76. The molecular weight excluding hydrogens is 142 g/mol. The fourth-order valence-corrected chi connectivity index (χ4v) is 2.50. The summed E-state index contributed by atoms with van der Waals surface area (Å²) in [5.74, 6) is -0.593. The Labute approximate surface area is 65.8 Å². The van der Waals surface area contributed by atoms with Gasteiger partial charge in [-0.3, -0.25) is 4.79 Å². The van der Waals surface area contributed by atoms with Gasteiger partial charge in [-0.05, 0) is 25.8 Å². The van der Waals surface area contributed by atoms with Crippen molar-refractivity contribution in [3.05, 3.63) is 0 Å². The van der Waals surface area contributed by atoms with Crippen molar-refractivity contribution in [1.29, 1.82) is 0 Å². The zero-order valence-corrected chi connectivity index (χ0v) is 6.47. The molecule has 1 saturated carbocycles. The number of hydrogen-bond donors (Lipinski definition) is 2. The Morgan fingerprint density at radius 2 is 2.36 bits per heavy atom. The Hall–Kier alpha value is -0.570. The molecule has 0 aromatic carbocycles. The molecule has 3 nitrogen and oxygen atoms in total. The van der Waals surface area contributed by atoms with Crippen molar-refractivity contribution < 1.29 is 9.90 Å². The maximum absolute atomic E-state index is 11.0. The first-order valence-electron chi connectivity index (χ1n) is 4.22. The van der Waals surface area contributed by atoms with Gasteiger partial charge < -0.3 is 10.4 Å². The van der Waals surface area contributed by atoms with Crippen molar-refractivity contribution in [2.24, 2.45) is 5.41 Å². The molecule has 0 radical (unpaired) electrons. The predicted octanol–water partition coefficient (Wildman–Crippen LogP) is 0.603. The van der Waals surface area contributed by atoms with E-state index in [9.17, 15) is 4.79 Å². The monoisotopic (exact) mass is 155 g/mol. The molecule has 1 aliphatic heterocycles. The summed E-state index contributed by atoms with van der Waals surface area (Å²) in [7, 11) is 0. The maximum Gasteiger partial charge on any atom is 0.311 e. The summed E-state index contributed by atoms with van der Waals surface area (Å²) in [6, 6.07) is 0.264. The first kappa shape index (κ1) is 7.10. The summed E-state index contributed by atoms with van der Waals surface area (Å²) in [6.45, 7) is 0.886. The largest absolute Gasteiger partial charge is 0.481 e. The van der Waals surface area contributed by atoms with Crippen LogP contribution in [-0.4, -0.2) is 23.7 Å². The van der Waals surface area contributed by atoms with Crippen LogP contribution in [0.3, 0.4) is 0 Å². The number of carbonyl (C=O) groups is 1. The minimum absolute atomic E-state index is 0.264. The highest BCUT2D eigenvalue weighted by atomic mass is 16.4. The molecule has 0 amide bonds. The molecule has 62 valence electrons. The minimum Gasteiger partial charge on any atom is -0.481 e. The molecule has 0 aromatic rings. The number of carboxylic acid groups (broad SMARTS) is 1. The van der Waals surface area contributed by atoms with Gasteiger partial charge in [0.1, 0.15) is 0 Å². The lowest BCUT2D eigenvalue weighted by atomic mass is 9.83. The zero-order chi connectivity index (χ0) is 7.90. The molecule has 2 aliphatic rings. The van der Waals surface area contributed by atoms with Crippen molar-refractivity contribution in [3.8, 4) is 0 Å². The molecule has 1 saturated heterocycles. The third-order valence-electron chi connectivity index (χ3n) is 3.17. The molecule has 2 fully saturated rings. The van der Waals surface area contributed by atoms with Crippen molar-refractivity contribution in [3.63, 3.8) is 0 Å². The molecular formula is C8H13NO2. The Balaban J connectivity index is 2.26. The highest BCUT2D eigenvalue weighted by Crippen LogP contribution is 2.44. The van der Waals surface area contributed by atoms with Gasteiger partial charge in [0.15, 0.2) is 0 Å². The fraction of sp³-hybridized carbons (Fsp3) is 0.875. The van der Waals surface area contributed by atoms with Crippen molar-refractivity contribution in [2.75, 3.05) is 6.54 Å². The summed E-state index contributed by atoms with van der Waals surface area (Å²) < 4.78 is 0. The van der Waals surface area contributed by atoms with E-state index < -0.39 is 5.97 Å². The van der Waals surface area contributed by atoms with E-state index in [4.69, 9.17) is 5.11 Å². The van der Waals surface area contributed by atoms with E-state index in [1.165, 1.54) is 0 Å². The Morgan fingerprint density at radius 3 is 3.00 bits per heavy atom. The smallest absolute Gasteiger partial charge is 0.311 e. The number of aliphatic carboxylic acids is 1. The molecule has 0 spiro atoms. The molecule has 11 heavy (non-hydrogen) atoms. The lowest BCUT2D eigenvalue weighted by Gasteiger charge is -2.22. The number of fused-ring (bicyclic) bond motifs is 1. The van der Waals surface area contributed by atoms with Gasteiger partial charge in [0.25, 0.3) is 0 Å². The fourth-order valence-electron chi connectivity index (χ4n) is 2.50. The minimum atomic E-state index is -0.593. The van der Waals surface area contributed by atoms with Crippen LogP contribution in [0.15, 0.2) is 0 Å². The molecule has 3 heteroatoms. The van der Waals surface area contributed by atoms with Crippen molar-refractivity contribution in [1.82, 2.24) is 5.32 Å². The van der Waals surface area contributed by atoms with Crippen molar-refractivity contribution in [2.45, 2.75) is 31.7 Å². The van der Waals surface area contributed by atoms with E-state index in [1.54, 1.807) is 0 Å². The van der Waals surface area contributed by atoms with Gasteiger partial charge in [-0.15, -0.1) is 0 Å². The van der Waals surface area contributed by atoms with E-state index in [2.05, 4.69) is 5.32 Å².